The van der Waals surface area contributed by atoms with Gasteiger partial charge in [-0.3, -0.25) is 9.69 Å². The Bertz CT molecular complexity index is 865. The molecule has 0 aromatic heterocycles. The number of carbonyl (C=O) groups is 1. The molecule has 1 fully saturated rings. The highest BCUT2D eigenvalue weighted by molar-refractivity contribution is 7.80. The van der Waals surface area contributed by atoms with Crippen LogP contribution >= 0.6 is 23.8 Å². The molecule has 0 radical (unpaired) electrons. The van der Waals surface area contributed by atoms with Crippen molar-refractivity contribution in [2.24, 2.45) is 0 Å². The molecule has 0 bridgehead atoms. The van der Waals surface area contributed by atoms with Gasteiger partial charge >= 0.3 is 0 Å². The number of nitrogens with one attached hydrogen (secondary N) is 1. The number of phenolic OH excluding ortho intramolecular Hbond substituents is 1. The number of anilines is 1. The number of nitrogens with zero attached hydrogens (tertiary/aromatic N) is 1. The van der Waals surface area contributed by atoms with Gasteiger partial charge in [0.1, 0.15) is 5.70 Å². The lowest BCUT2D eigenvalue weighted by Gasteiger charge is -2.13. The van der Waals surface area contributed by atoms with Crippen LogP contribution in [0.15, 0.2) is 48.2 Å². The zero-order chi connectivity index (χ0) is 18.0. The summed E-state index contributed by atoms with van der Waals surface area (Å²) in [5, 5.41) is 14.0. The van der Waals surface area contributed by atoms with Gasteiger partial charge in [0.25, 0.3) is 5.91 Å². The summed E-state index contributed by atoms with van der Waals surface area (Å²) < 4.78 is 5.36. The van der Waals surface area contributed by atoms with Crippen LogP contribution in [0.25, 0.3) is 6.08 Å². The number of carbonyl (C=O) groups excluding carboxylic acids is 1. The molecule has 2 N–H and O–H groups in total. The number of amides is 1. The van der Waals surface area contributed by atoms with Crippen molar-refractivity contribution in [3.63, 3.8) is 0 Å². The van der Waals surface area contributed by atoms with Crippen LogP contribution < -0.4 is 15.0 Å². The van der Waals surface area contributed by atoms with Gasteiger partial charge in [0, 0.05) is 10.6 Å². The standard InChI is InChI=1S/C18H15ClN2O3S/c1-2-24-15-5-3-4-11(16(15)22)10-14-17(23)21(18(25)20-14)13-8-6-12(19)7-9-13/h3-10,22H,2H2,1H3,(H,20,25). The van der Waals surface area contributed by atoms with Crippen LogP contribution in [-0.4, -0.2) is 22.7 Å². The van der Waals surface area contributed by atoms with Gasteiger partial charge in [-0.2, -0.15) is 0 Å². The van der Waals surface area contributed by atoms with Crippen molar-refractivity contribution in [1.29, 1.82) is 0 Å². The summed E-state index contributed by atoms with van der Waals surface area (Å²) in [4.78, 5) is 14.1. The van der Waals surface area contributed by atoms with Gasteiger partial charge in [0.05, 0.1) is 12.3 Å². The van der Waals surface area contributed by atoms with Crippen LogP contribution in [0.2, 0.25) is 5.02 Å². The summed E-state index contributed by atoms with van der Waals surface area (Å²) in [7, 11) is 0. The number of hydrogen-bond acceptors (Lipinski definition) is 4. The predicted octanol–water partition coefficient (Wildman–Crippen LogP) is 3.71. The average molecular weight is 375 g/mol. The molecule has 1 saturated heterocycles. The number of halogens is 1. The minimum Gasteiger partial charge on any atom is -0.504 e. The lowest BCUT2D eigenvalue weighted by molar-refractivity contribution is -0.113. The van der Waals surface area contributed by atoms with E-state index in [4.69, 9.17) is 28.6 Å². The molecule has 7 heteroatoms. The molecule has 0 unspecified atom stereocenters. The number of aromatic hydroxyl groups is 1. The van der Waals surface area contributed by atoms with Crippen molar-refractivity contribution >= 4 is 46.6 Å². The number of benzene rings is 2. The van der Waals surface area contributed by atoms with Gasteiger partial charge in [-0.1, -0.05) is 23.7 Å². The zero-order valence-corrected chi connectivity index (χ0v) is 14.9. The summed E-state index contributed by atoms with van der Waals surface area (Å²) in [5.74, 6) is 0.0234. The molecular formula is C18H15ClN2O3S. The third kappa shape index (κ3) is 3.45. The molecule has 3 rings (SSSR count). The predicted molar refractivity (Wildman–Crippen MR) is 102 cm³/mol. The summed E-state index contributed by atoms with van der Waals surface area (Å²) in [6.45, 7) is 2.26. The first-order chi connectivity index (χ1) is 12.0. The van der Waals surface area contributed by atoms with Crippen molar-refractivity contribution in [3.05, 3.63) is 58.7 Å². The second kappa shape index (κ2) is 7.13. The van der Waals surface area contributed by atoms with E-state index in [1.54, 1.807) is 48.5 Å². The highest BCUT2D eigenvalue weighted by Gasteiger charge is 2.32. The highest BCUT2D eigenvalue weighted by atomic mass is 35.5. The van der Waals surface area contributed by atoms with Crippen LogP contribution in [-0.2, 0) is 4.79 Å². The summed E-state index contributed by atoms with van der Waals surface area (Å²) in [6.07, 6.45) is 1.54. The molecule has 5 nitrogen and oxygen atoms in total. The van der Waals surface area contributed by atoms with Crippen molar-refractivity contribution in [3.8, 4) is 11.5 Å². The molecule has 0 saturated carbocycles. The van der Waals surface area contributed by atoms with Crippen LogP contribution in [0.3, 0.4) is 0 Å². The Balaban J connectivity index is 1.93. The van der Waals surface area contributed by atoms with Gasteiger partial charge in [-0.15, -0.1) is 0 Å². The molecule has 1 aliphatic rings. The number of ether oxygens (including phenoxy) is 1. The van der Waals surface area contributed by atoms with Gasteiger partial charge in [-0.25, -0.2) is 0 Å². The lowest BCUT2D eigenvalue weighted by atomic mass is 10.1. The summed E-state index contributed by atoms with van der Waals surface area (Å²) >= 11 is 11.1. The Morgan fingerprint density at radius 2 is 2.00 bits per heavy atom. The van der Waals surface area contributed by atoms with Gasteiger partial charge in [0.15, 0.2) is 16.6 Å². The van der Waals surface area contributed by atoms with Crippen LogP contribution in [0.5, 0.6) is 11.5 Å². The molecule has 2 aromatic rings. The Hall–Kier alpha value is -2.57. The monoisotopic (exact) mass is 374 g/mol. The molecule has 1 heterocycles. The fraction of sp³-hybridized carbons (Fsp3) is 0.111. The first-order valence-electron chi connectivity index (χ1n) is 7.58. The number of hydrogen-bond donors (Lipinski definition) is 2. The maximum absolute atomic E-state index is 12.7. The molecule has 0 aliphatic carbocycles. The number of para-hydroxylation sites is 1. The Morgan fingerprint density at radius 1 is 1.28 bits per heavy atom. The lowest BCUT2D eigenvalue weighted by Crippen LogP contribution is -2.30. The van der Waals surface area contributed by atoms with Gasteiger partial charge in [-0.05, 0) is 55.5 Å². The minimum atomic E-state index is -0.312. The molecule has 25 heavy (non-hydrogen) atoms. The van der Waals surface area contributed by atoms with E-state index >= 15 is 0 Å². The van der Waals surface area contributed by atoms with Crippen LogP contribution in [0.1, 0.15) is 12.5 Å². The topological polar surface area (TPSA) is 61.8 Å². The van der Waals surface area contributed by atoms with E-state index < -0.39 is 0 Å². The molecule has 0 atom stereocenters. The average Bonchev–Trinajstić information content (AvgIpc) is 2.86. The van der Waals surface area contributed by atoms with E-state index in [2.05, 4.69) is 5.32 Å². The largest absolute Gasteiger partial charge is 0.504 e. The van der Waals surface area contributed by atoms with Gasteiger partial charge < -0.3 is 15.2 Å². The Kier molecular flexibility index (Phi) is 4.92. The molecule has 1 aliphatic heterocycles. The summed E-state index contributed by atoms with van der Waals surface area (Å²) in [6, 6.07) is 11.9. The number of rotatable bonds is 4. The number of thiocarbonyl (C=S) groups is 1. The van der Waals surface area contributed by atoms with E-state index in [-0.39, 0.29) is 22.5 Å². The zero-order valence-electron chi connectivity index (χ0n) is 13.3. The van der Waals surface area contributed by atoms with E-state index in [0.717, 1.165) is 0 Å². The molecule has 2 aromatic carbocycles. The fourth-order valence-electron chi connectivity index (χ4n) is 2.44. The third-order valence-electron chi connectivity index (χ3n) is 3.59. The maximum Gasteiger partial charge on any atom is 0.281 e. The maximum atomic E-state index is 12.7. The Morgan fingerprint density at radius 3 is 2.68 bits per heavy atom. The van der Waals surface area contributed by atoms with Crippen LogP contribution in [0, 0.1) is 0 Å². The third-order valence-corrected chi connectivity index (χ3v) is 4.13. The molecular weight excluding hydrogens is 360 g/mol. The first-order valence-corrected chi connectivity index (χ1v) is 8.37. The Labute approximate surface area is 155 Å². The number of phenols is 1. The van der Waals surface area contributed by atoms with E-state index in [0.29, 0.717) is 28.6 Å². The second-order valence-corrected chi connectivity index (χ2v) is 6.06. The fourth-order valence-corrected chi connectivity index (χ4v) is 2.87. The van der Waals surface area contributed by atoms with Gasteiger partial charge in [0.2, 0.25) is 0 Å². The van der Waals surface area contributed by atoms with Crippen molar-refractivity contribution in [1.82, 2.24) is 5.32 Å². The normalized spacial score (nSPS) is 15.6. The summed E-state index contributed by atoms with van der Waals surface area (Å²) in [5.41, 5.74) is 1.34. The van der Waals surface area contributed by atoms with Crippen molar-refractivity contribution in [2.45, 2.75) is 6.92 Å². The molecule has 1 amide bonds. The van der Waals surface area contributed by atoms with E-state index in [1.807, 2.05) is 6.92 Å². The second-order valence-electron chi connectivity index (χ2n) is 5.23. The van der Waals surface area contributed by atoms with E-state index in [1.165, 1.54) is 4.90 Å². The minimum absolute atomic E-state index is 0.0256. The molecule has 0 spiro atoms. The van der Waals surface area contributed by atoms with E-state index in [9.17, 15) is 9.90 Å². The quantitative estimate of drug-likeness (QED) is 0.631. The SMILES string of the molecule is CCOc1cccc(C=C2NC(=S)N(c3ccc(Cl)cc3)C2=O)c1O. The smallest absolute Gasteiger partial charge is 0.281 e. The van der Waals surface area contributed by atoms with Crippen LogP contribution in [0.4, 0.5) is 5.69 Å². The van der Waals surface area contributed by atoms with Crippen molar-refractivity contribution < 1.29 is 14.6 Å². The highest BCUT2D eigenvalue weighted by Crippen LogP contribution is 2.32. The van der Waals surface area contributed by atoms with Crippen molar-refractivity contribution in [2.75, 3.05) is 11.5 Å². The molecule has 128 valence electrons. The first kappa shape index (κ1) is 17.3.